The van der Waals surface area contributed by atoms with Crippen LogP contribution in [0.4, 0.5) is 0 Å². The lowest BCUT2D eigenvalue weighted by Gasteiger charge is -2.23. The van der Waals surface area contributed by atoms with Crippen molar-refractivity contribution in [3.05, 3.63) is 92.6 Å². The maximum absolute atomic E-state index is 11.6. The summed E-state index contributed by atoms with van der Waals surface area (Å²) in [6.07, 6.45) is 0.853. The topological polar surface area (TPSA) is 52.4 Å². The van der Waals surface area contributed by atoms with Gasteiger partial charge in [0.05, 0.1) is 4.92 Å². The zero-order valence-electron chi connectivity index (χ0n) is 12.5. The molecule has 1 aliphatic rings. The van der Waals surface area contributed by atoms with Crippen LogP contribution in [0.2, 0.25) is 5.02 Å². The summed E-state index contributed by atoms with van der Waals surface area (Å²) in [5.74, 6) is 0.638. The normalized spacial score (nSPS) is 16.2. The molecule has 0 N–H and O–H groups in total. The molecular formula is C19H12ClNO3. The molecule has 0 radical (unpaired) electrons. The van der Waals surface area contributed by atoms with Gasteiger partial charge in [-0.25, -0.2) is 0 Å². The second-order valence-electron chi connectivity index (χ2n) is 5.57. The number of nitro groups is 1. The van der Waals surface area contributed by atoms with E-state index in [0.717, 1.165) is 16.3 Å². The Kier molecular flexibility index (Phi) is 3.47. The highest BCUT2D eigenvalue weighted by molar-refractivity contribution is 6.30. The van der Waals surface area contributed by atoms with Crippen LogP contribution in [0, 0.1) is 10.1 Å². The van der Waals surface area contributed by atoms with Crippen molar-refractivity contribution in [1.29, 1.82) is 0 Å². The number of hydrogen-bond donors (Lipinski definition) is 0. The minimum absolute atomic E-state index is 0.0150. The third kappa shape index (κ3) is 2.41. The Morgan fingerprint density at radius 3 is 2.50 bits per heavy atom. The highest BCUT2D eigenvalue weighted by Gasteiger charge is 2.33. The molecule has 24 heavy (non-hydrogen) atoms. The number of rotatable bonds is 2. The smallest absolute Gasteiger partial charge is 0.291 e. The predicted molar refractivity (Wildman–Crippen MR) is 93.7 cm³/mol. The zero-order valence-corrected chi connectivity index (χ0v) is 13.2. The van der Waals surface area contributed by atoms with Crippen molar-refractivity contribution in [2.24, 2.45) is 0 Å². The van der Waals surface area contributed by atoms with Crippen LogP contribution in [0.3, 0.4) is 0 Å². The fraction of sp³-hybridized carbons (Fsp3) is 0.0526. The molecule has 0 aromatic heterocycles. The van der Waals surface area contributed by atoms with E-state index in [-0.39, 0.29) is 10.6 Å². The first-order chi connectivity index (χ1) is 11.6. The Bertz CT molecular complexity index is 980. The molecule has 0 fully saturated rings. The van der Waals surface area contributed by atoms with E-state index in [0.29, 0.717) is 16.3 Å². The average Bonchev–Trinajstić information content (AvgIpc) is 2.61. The van der Waals surface area contributed by atoms with E-state index in [1.165, 1.54) is 0 Å². The molecule has 0 spiro atoms. The minimum atomic E-state index is -0.758. The average molecular weight is 338 g/mol. The number of nitrogens with zero attached hydrogens (tertiary/aromatic N) is 1. The van der Waals surface area contributed by atoms with Crippen molar-refractivity contribution in [2.75, 3.05) is 0 Å². The lowest BCUT2D eigenvalue weighted by Crippen LogP contribution is -2.19. The van der Waals surface area contributed by atoms with Crippen molar-refractivity contribution in [1.82, 2.24) is 0 Å². The molecule has 4 rings (SSSR count). The van der Waals surface area contributed by atoms with Gasteiger partial charge in [-0.1, -0.05) is 54.1 Å². The van der Waals surface area contributed by atoms with Crippen LogP contribution >= 0.6 is 11.6 Å². The van der Waals surface area contributed by atoms with Crippen LogP contribution < -0.4 is 4.74 Å². The monoisotopic (exact) mass is 337 g/mol. The van der Waals surface area contributed by atoms with Gasteiger partial charge in [0.15, 0.2) is 0 Å². The second-order valence-corrected chi connectivity index (χ2v) is 6.01. The van der Waals surface area contributed by atoms with E-state index in [9.17, 15) is 10.1 Å². The van der Waals surface area contributed by atoms with Crippen LogP contribution in [0.25, 0.3) is 16.8 Å². The van der Waals surface area contributed by atoms with Crippen molar-refractivity contribution in [2.45, 2.75) is 6.10 Å². The Labute approximate surface area is 143 Å². The number of benzene rings is 3. The van der Waals surface area contributed by atoms with Crippen LogP contribution in [0.5, 0.6) is 5.75 Å². The number of fused-ring (bicyclic) bond motifs is 3. The Morgan fingerprint density at radius 1 is 1.00 bits per heavy atom. The summed E-state index contributed by atoms with van der Waals surface area (Å²) in [6, 6.07) is 18.5. The molecule has 3 aromatic carbocycles. The quantitative estimate of drug-likeness (QED) is 0.474. The Balaban J connectivity index is 1.90. The summed E-state index contributed by atoms with van der Waals surface area (Å²) >= 11 is 5.91. The van der Waals surface area contributed by atoms with Gasteiger partial charge < -0.3 is 4.74 Å². The van der Waals surface area contributed by atoms with E-state index < -0.39 is 6.10 Å². The zero-order chi connectivity index (χ0) is 16.7. The molecule has 0 aliphatic carbocycles. The number of hydrogen-bond acceptors (Lipinski definition) is 3. The SMILES string of the molecule is O=[N+]([O-])C1=Cc2c(ccc3ccccc23)O[C@H]1c1ccc(Cl)cc1. The van der Waals surface area contributed by atoms with Gasteiger partial charge in [0.1, 0.15) is 5.75 Å². The molecule has 4 nitrogen and oxygen atoms in total. The molecule has 0 saturated carbocycles. The maximum Gasteiger partial charge on any atom is 0.291 e. The summed E-state index contributed by atoms with van der Waals surface area (Å²) in [6.45, 7) is 0. The van der Waals surface area contributed by atoms with Gasteiger partial charge in [0.25, 0.3) is 5.70 Å². The van der Waals surface area contributed by atoms with Gasteiger partial charge in [-0.15, -0.1) is 0 Å². The molecule has 5 heteroatoms. The summed E-state index contributed by atoms with van der Waals surface area (Å²) in [5, 5.41) is 14.1. The van der Waals surface area contributed by atoms with Crippen molar-refractivity contribution >= 4 is 28.4 Å². The van der Waals surface area contributed by atoms with E-state index in [1.54, 1.807) is 30.3 Å². The van der Waals surface area contributed by atoms with Gasteiger partial charge in [0.2, 0.25) is 6.10 Å². The van der Waals surface area contributed by atoms with Gasteiger partial charge in [-0.05, 0) is 29.0 Å². The standard InChI is InChI=1S/C19H12ClNO3/c20-14-8-5-13(6-9-14)19-17(21(22)23)11-16-15-4-2-1-3-12(15)7-10-18(16)24-19/h1-11,19H/t19-/m0/s1. The van der Waals surface area contributed by atoms with Crippen molar-refractivity contribution < 1.29 is 9.66 Å². The summed E-state index contributed by atoms with van der Waals surface area (Å²) < 4.78 is 5.99. The highest BCUT2D eigenvalue weighted by atomic mass is 35.5. The number of halogens is 1. The first kappa shape index (κ1) is 14.7. The molecule has 1 aliphatic heterocycles. The highest BCUT2D eigenvalue weighted by Crippen LogP contribution is 2.40. The summed E-state index contributed by atoms with van der Waals surface area (Å²) in [7, 11) is 0. The molecule has 3 aromatic rings. The molecular weight excluding hydrogens is 326 g/mol. The van der Waals surface area contributed by atoms with Crippen LogP contribution in [0.15, 0.2) is 66.4 Å². The van der Waals surface area contributed by atoms with Crippen molar-refractivity contribution in [3.8, 4) is 5.75 Å². The lowest BCUT2D eigenvalue weighted by molar-refractivity contribution is -0.434. The van der Waals surface area contributed by atoms with Gasteiger partial charge >= 0.3 is 0 Å². The fourth-order valence-electron chi connectivity index (χ4n) is 2.96. The maximum atomic E-state index is 11.6. The Morgan fingerprint density at radius 2 is 1.75 bits per heavy atom. The third-order valence-corrected chi connectivity index (χ3v) is 4.37. The molecule has 0 bridgehead atoms. The largest absolute Gasteiger partial charge is 0.474 e. The second kappa shape index (κ2) is 5.65. The molecule has 0 saturated heterocycles. The first-order valence-corrected chi connectivity index (χ1v) is 7.81. The van der Waals surface area contributed by atoms with Crippen LogP contribution in [0.1, 0.15) is 17.2 Å². The van der Waals surface area contributed by atoms with Crippen molar-refractivity contribution in [3.63, 3.8) is 0 Å². The van der Waals surface area contributed by atoms with Crippen LogP contribution in [-0.4, -0.2) is 4.92 Å². The minimum Gasteiger partial charge on any atom is -0.474 e. The third-order valence-electron chi connectivity index (χ3n) is 4.12. The summed E-state index contributed by atoms with van der Waals surface area (Å²) in [4.78, 5) is 11.2. The Hall–Kier alpha value is -2.85. The van der Waals surface area contributed by atoms with Gasteiger partial charge in [-0.2, -0.15) is 0 Å². The van der Waals surface area contributed by atoms with E-state index in [2.05, 4.69) is 0 Å². The van der Waals surface area contributed by atoms with Crippen LogP contribution in [-0.2, 0) is 0 Å². The van der Waals surface area contributed by atoms with E-state index in [1.807, 2.05) is 36.4 Å². The fourth-order valence-corrected chi connectivity index (χ4v) is 3.09. The lowest BCUT2D eigenvalue weighted by atomic mass is 9.97. The number of ether oxygens (including phenoxy) is 1. The molecule has 118 valence electrons. The van der Waals surface area contributed by atoms with Gasteiger partial charge in [0, 0.05) is 22.2 Å². The van der Waals surface area contributed by atoms with E-state index in [4.69, 9.17) is 16.3 Å². The predicted octanol–water partition coefficient (Wildman–Crippen LogP) is 5.24. The van der Waals surface area contributed by atoms with E-state index >= 15 is 0 Å². The van der Waals surface area contributed by atoms with Gasteiger partial charge in [-0.3, -0.25) is 10.1 Å². The summed E-state index contributed by atoms with van der Waals surface area (Å²) in [5.41, 5.74) is 1.45. The molecule has 1 atom stereocenters. The first-order valence-electron chi connectivity index (χ1n) is 7.43. The molecule has 0 unspecified atom stereocenters. The molecule has 1 heterocycles. The molecule has 0 amide bonds.